The van der Waals surface area contributed by atoms with E-state index in [1.54, 1.807) is 0 Å². The van der Waals surface area contributed by atoms with Gasteiger partial charge in [0, 0.05) is 17.1 Å². The summed E-state index contributed by atoms with van der Waals surface area (Å²) in [6, 6.07) is 8.52. The second kappa shape index (κ2) is 5.25. The molecule has 1 saturated carbocycles. The Morgan fingerprint density at radius 2 is 2.05 bits per heavy atom. The minimum Gasteiger partial charge on any atom is -0.351 e. The van der Waals surface area contributed by atoms with Crippen molar-refractivity contribution in [2.75, 3.05) is 13.1 Å². The van der Waals surface area contributed by atoms with Gasteiger partial charge < -0.3 is 10.6 Å². The number of halogens is 1. The molecule has 102 valence electrons. The molecule has 1 unspecified atom stereocenters. The minimum absolute atomic E-state index is 0.217. The normalized spacial score (nSPS) is 24.8. The SMILES string of the molecule is O=C(NC1CCNC1)C1(c2ccc(Br)cc2)CCC1. The molecule has 2 aliphatic rings. The van der Waals surface area contributed by atoms with Crippen molar-refractivity contribution < 1.29 is 4.79 Å². The van der Waals surface area contributed by atoms with Gasteiger partial charge in [-0.2, -0.15) is 0 Å². The second-order valence-electron chi connectivity index (χ2n) is 5.61. The maximum Gasteiger partial charge on any atom is 0.230 e. The van der Waals surface area contributed by atoms with Crippen molar-refractivity contribution in [3.63, 3.8) is 0 Å². The highest BCUT2D eigenvalue weighted by molar-refractivity contribution is 9.10. The molecule has 0 aromatic heterocycles. The van der Waals surface area contributed by atoms with Gasteiger partial charge in [0.2, 0.25) is 5.91 Å². The standard InChI is InChI=1S/C15H19BrN2O/c16-12-4-2-11(3-5-12)15(7-1-8-15)14(19)18-13-6-9-17-10-13/h2-5,13,17H,1,6-10H2,(H,18,19). The predicted molar refractivity (Wildman–Crippen MR) is 79.1 cm³/mol. The lowest BCUT2D eigenvalue weighted by Crippen LogP contribution is -2.52. The van der Waals surface area contributed by atoms with Crippen LogP contribution < -0.4 is 10.6 Å². The number of hydrogen-bond donors (Lipinski definition) is 2. The molecule has 19 heavy (non-hydrogen) atoms. The van der Waals surface area contributed by atoms with E-state index >= 15 is 0 Å². The summed E-state index contributed by atoms with van der Waals surface area (Å²) in [5.41, 5.74) is 0.883. The Bertz CT molecular complexity index is 462. The summed E-state index contributed by atoms with van der Waals surface area (Å²) < 4.78 is 1.06. The number of benzene rings is 1. The van der Waals surface area contributed by atoms with Gasteiger partial charge in [-0.1, -0.05) is 34.5 Å². The Kier molecular flexibility index (Phi) is 3.63. The molecule has 1 heterocycles. The van der Waals surface area contributed by atoms with Crippen molar-refractivity contribution in [1.82, 2.24) is 10.6 Å². The van der Waals surface area contributed by atoms with Crippen LogP contribution in [-0.4, -0.2) is 25.0 Å². The first-order valence-corrected chi connectivity index (χ1v) is 7.78. The van der Waals surface area contributed by atoms with E-state index in [0.29, 0.717) is 6.04 Å². The van der Waals surface area contributed by atoms with Crippen LogP contribution in [0.3, 0.4) is 0 Å². The van der Waals surface area contributed by atoms with Crippen LogP contribution in [0.25, 0.3) is 0 Å². The lowest BCUT2D eigenvalue weighted by atomic mass is 9.63. The quantitative estimate of drug-likeness (QED) is 0.896. The van der Waals surface area contributed by atoms with Gasteiger partial charge in [0.1, 0.15) is 0 Å². The number of rotatable bonds is 3. The predicted octanol–water partition coefficient (Wildman–Crippen LogP) is 2.35. The van der Waals surface area contributed by atoms with Gasteiger partial charge in [-0.25, -0.2) is 0 Å². The summed E-state index contributed by atoms with van der Waals surface area (Å²) in [5, 5.41) is 6.51. The zero-order chi connectivity index (χ0) is 13.3. The lowest BCUT2D eigenvalue weighted by Gasteiger charge is -2.41. The topological polar surface area (TPSA) is 41.1 Å². The van der Waals surface area contributed by atoms with Crippen LogP contribution in [-0.2, 0) is 10.2 Å². The van der Waals surface area contributed by atoms with Gasteiger partial charge in [0.05, 0.1) is 5.41 Å². The third kappa shape index (κ3) is 2.43. The molecule has 3 rings (SSSR count). The number of nitrogens with one attached hydrogen (secondary N) is 2. The van der Waals surface area contributed by atoms with Gasteiger partial charge in [-0.05, 0) is 43.5 Å². The van der Waals surface area contributed by atoms with Crippen molar-refractivity contribution in [1.29, 1.82) is 0 Å². The van der Waals surface area contributed by atoms with Crippen LogP contribution >= 0.6 is 15.9 Å². The first kappa shape index (κ1) is 13.1. The van der Waals surface area contributed by atoms with E-state index in [2.05, 4.69) is 38.7 Å². The summed E-state index contributed by atoms with van der Waals surface area (Å²) in [5.74, 6) is 0.217. The van der Waals surface area contributed by atoms with Crippen molar-refractivity contribution >= 4 is 21.8 Å². The average molecular weight is 323 g/mol. The first-order valence-electron chi connectivity index (χ1n) is 6.98. The van der Waals surface area contributed by atoms with Crippen LogP contribution in [0.1, 0.15) is 31.2 Å². The highest BCUT2D eigenvalue weighted by Gasteiger charge is 2.46. The maximum absolute atomic E-state index is 12.6. The van der Waals surface area contributed by atoms with E-state index < -0.39 is 0 Å². The van der Waals surface area contributed by atoms with Gasteiger partial charge in [-0.3, -0.25) is 4.79 Å². The van der Waals surface area contributed by atoms with Crippen LogP contribution in [0.5, 0.6) is 0 Å². The van der Waals surface area contributed by atoms with Crippen LogP contribution in [0.15, 0.2) is 28.7 Å². The molecule has 1 amide bonds. The average Bonchev–Trinajstić information content (AvgIpc) is 2.83. The molecule has 1 aromatic carbocycles. The summed E-state index contributed by atoms with van der Waals surface area (Å²) in [4.78, 5) is 12.6. The molecule has 2 N–H and O–H groups in total. The molecule has 3 nitrogen and oxygen atoms in total. The second-order valence-corrected chi connectivity index (χ2v) is 6.52. The van der Waals surface area contributed by atoms with E-state index in [1.165, 1.54) is 0 Å². The molecule has 0 bridgehead atoms. The van der Waals surface area contributed by atoms with E-state index in [1.807, 2.05) is 12.1 Å². The summed E-state index contributed by atoms with van der Waals surface area (Å²) >= 11 is 3.45. The minimum atomic E-state index is -0.275. The van der Waals surface area contributed by atoms with Gasteiger partial charge in [0.15, 0.2) is 0 Å². The summed E-state index contributed by atoms with van der Waals surface area (Å²) in [7, 11) is 0. The molecular formula is C15H19BrN2O. The summed E-state index contributed by atoms with van der Waals surface area (Å²) in [6.07, 6.45) is 4.13. The number of carbonyl (C=O) groups is 1. The number of hydrogen-bond acceptors (Lipinski definition) is 2. The van der Waals surface area contributed by atoms with E-state index in [-0.39, 0.29) is 11.3 Å². The Balaban J connectivity index is 1.78. The molecular weight excluding hydrogens is 304 g/mol. The first-order chi connectivity index (χ1) is 9.21. The largest absolute Gasteiger partial charge is 0.351 e. The molecule has 1 saturated heterocycles. The number of carbonyl (C=O) groups excluding carboxylic acids is 1. The fraction of sp³-hybridized carbons (Fsp3) is 0.533. The molecule has 1 atom stereocenters. The Labute approximate surface area is 122 Å². The highest BCUT2D eigenvalue weighted by atomic mass is 79.9. The van der Waals surface area contributed by atoms with Gasteiger partial charge in [0.25, 0.3) is 0 Å². The molecule has 2 fully saturated rings. The monoisotopic (exact) mass is 322 g/mol. The van der Waals surface area contributed by atoms with Gasteiger partial charge in [-0.15, -0.1) is 0 Å². The molecule has 0 radical (unpaired) electrons. The van der Waals surface area contributed by atoms with E-state index in [4.69, 9.17) is 0 Å². The molecule has 4 heteroatoms. The van der Waals surface area contributed by atoms with Crippen LogP contribution in [0.4, 0.5) is 0 Å². The Morgan fingerprint density at radius 3 is 2.58 bits per heavy atom. The third-order valence-electron chi connectivity index (χ3n) is 4.43. The third-order valence-corrected chi connectivity index (χ3v) is 4.96. The highest BCUT2D eigenvalue weighted by Crippen LogP contribution is 2.44. The van der Waals surface area contributed by atoms with Gasteiger partial charge >= 0.3 is 0 Å². The van der Waals surface area contributed by atoms with Crippen LogP contribution in [0, 0.1) is 0 Å². The fourth-order valence-corrected chi connectivity index (χ4v) is 3.31. The zero-order valence-corrected chi connectivity index (χ0v) is 12.5. The van der Waals surface area contributed by atoms with Crippen molar-refractivity contribution in [2.45, 2.75) is 37.1 Å². The lowest BCUT2D eigenvalue weighted by molar-refractivity contribution is -0.130. The molecule has 0 spiro atoms. The smallest absolute Gasteiger partial charge is 0.230 e. The van der Waals surface area contributed by atoms with Crippen molar-refractivity contribution in [2.24, 2.45) is 0 Å². The number of amides is 1. The Hall–Kier alpha value is -0.870. The zero-order valence-electron chi connectivity index (χ0n) is 10.9. The molecule has 1 aliphatic heterocycles. The van der Waals surface area contributed by atoms with Crippen LogP contribution in [0.2, 0.25) is 0 Å². The molecule has 1 aliphatic carbocycles. The molecule has 1 aromatic rings. The van der Waals surface area contributed by atoms with E-state index in [9.17, 15) is 4.79 Å². The fourth-order valence-electron chi connectivity index (χ4n) is 3.05. The van der Waals surface area contributed by atoms with E-state index in [0.717, 1.165) is 48.8 Å². The van der Waals surface area contributed by atoms with Crippen molar-refractivity contribution in [3.8, 4) is 0 Å². The maximum atomic E-state index is 12.6. The Morgan fingerprint density at radius 1 is 1.32 bits per heavy atom. The van der Waals surface area contributed by atoms with Crippen molar-refractivity contribution in [3.05, 3.63) is 34.3 Å². The summed E-state index contributed by atoms with van der Waals surface area (Å²) in [6.45, 7) is 1.92.